The topological polar surface area (TPSA) is 87.2 Å². The van der Waals surface area contributed by atoms with Crippen LogP contribution in [0.25, 0.3) is 0 Å². The Bertz CT molecular complexity index is 537. The number of urea groups is 1. The standard InChI is InChI=1S/C15H23N3O5S/c1-5-17-6-7-18(13(20)12(17)19)15(22)16(4)8-11(9-24)23-14(21)10(2)3/h9-11H,5-8H2,1-4H3. The van der Waals surface area contributed by atoms with Crippen molar-refractivity contribution in [2.75, 3.05) is 33.2 Å². The van der Waals surface area contributed by atoms with E-state index in [1.54, 1.807) is 20.8 Å². The highest BCUT2D eigenvalue weighted by atomic mass is 32.1. The van der Waals surface area contributed by atoms with Gasteiger partial charge in [0.2, 0.25) is 0 Å². The number of hydrogen-bond acceptors (Lipinski definition) is 6. The highest BCUT2D eigenvalue weighted by Gasteiger charge is 2.37. The normalized spacial score (nSPS) is 16.2. The molecule has 9 heteroatoms. The minimum Gasteiger partial charge on any atom is -0.455 e. The monoisotopic (exact) mass is 357 g/mol. The van der Waals surface area contributed by atoms with Crippen molar-refractivity contribution in [3.05, 3.63) is 0 Å². The number of hydrogen-bond donors (Lipinski definition) is 0. The average Bonchev–Trinajstić information content (AvgIpc) is 2.55. The number of rotatable bonds is 6. The summed E-state index contributed by atoms with van der Waals surface area (Å²) in [6.45, 7) is 6.01. The molecule has 0 aromatic heterocycles. The Balaban J connectivity index is 2.70. The number of nitrogens with zero attached hydrogens (tertiary/aromatic N) is 3. The molecule has 8 nitrogen and oxygen atoms in total. The summed E-state index contributed by atoms with van der Waals surface area (Å²) in [5, 5.41) is 1.26. The van der Waals surface area contributed by atoms with Crippen molar-refractivity contribution in [1.29, 1.82) is 0 Å². The van der Waals surface area contributed by atoms with E-state index in [1.807, 2.05) is 0 Å². The van der Waals surface area contributed by atoms with Crippen LogP contribution in [0.4, 0.5) is 4.79 Å². The summed E-state index contributed by atoms with van der Waals surface area (Å²) in [4.78, 5) is 51.4. The van der Waals surface area contributed by atoms with E-state index in [1.165, 1.54) is 22.2 Å². The molecule has 0 saturated carbocycles. The molecule has 1 heterocycles. The van der Waals surface area contributed by atoms with Crippen molar-refractivity contribution in [3.8, 4) is 0 Å². The number of piperazine rings is 1. The molecule has 1 fully saturated rings. The summed E-state index contributed by atoms with van der Waals surface area (Å²) in [7, 11) is 1.46. The Morgan fingerprint density at radius 3 is 2.42 bits per heavy atom. The molecule has 1 aliphatic rings. The highest BCUT2D eigenvalue weighted by Crippen LogP contribution is 2.09. The van der Waals surface area contributed by atoms with Crippen LogP contribution in [0.15, 0.2) is 0 Å². The third-order valence-electron chi connectivity index (χ3n) is 3.59. The maximum Gasteiger partial charge on any atom is 0.327 e. The molecule has 0 aromatic carbocycles. The second-order valence-corrected chi connectivity index (χ2v) is 6.04. The molecule has 0 radical (unpaired) electrons. The number of thiocarbonyl (C=S) groups is 1. The van der Waals surface area contributed by atoms with Gasteiger partial charge in [0.25, 0.3) is 0 Å². The largest absolute Gasteiger partial charge is 0.455 e. The minimum absolute atomic E-state index is 0.0102. The number of carbonyl (C=O) groups excluding carboxylic acids is 4. The van der Waals surface area contributed by atoms with Gasteiger partial charge in [0.15, 0.2) is 0 Å². The summed E-state index contributed by atoms with van der Waals surface area (Å²) in [5.41, 5.74) is 0. The predicted octanol–water partition coefficient (Wildman–Crippen LogP) is 0.296. The van der Waals surface area contributed by atoms with Crippen LogP contribution in [-0.2, 0) is 19.1 Å². The lowest BCUT2D eigenvalue weighted by atomic mass is 10.2. The number of amides is 4. The molecule has 0 aromatic rings. The van der Waals surface area contributed by atoms with Crippen molar-refractivity contribution in [3.63, 3.8) is 0 Å². The lowest BCUT2D eigenvalue weighted by Gasteiger charge is -2.34. The summed E-state index contributed by atoms with van der Waals surface area (Å²) in [6.07, 6.45) is -0.758. The Labute approximate surface area is 146 Å². The molecule has 1 rings (SSSR count). The van der Waals surface area contributed by atoms with Gasteiger partial charge in [-0.05, 0) is 6.92 Å². The van der Waals surface area contributed by atoms with Gasteiger partial charge < -0.3 is 14.5 Å². The molecule has 24 heavy (non-hydrogen) atoms. The van der Waals surface area contributed by atoms with Crippen molar-refractivity contribution in [1.82, 2.24) is 14.7 Å². The van der Waals surface area contributed by atoms with Crippen molar-refractivity contribution >= 4 is 41.4 Å². The van der Waals surface area contributed by atoms with E-state index in [9.17, 15) is 19.2 Å². The Morgan fingerprint density at radius 2 is 1.92 bits per heavy atom. The van der Waals surface area contributed by atoms with Crippen LogP contribution >= 0.6 is 12.2 Å². The first-order valence-corrected chi connectivity index (χ1v) is 8.21. The molecule has 0 spiro atoms. The SMILES string of the molecule is CCN1CCN(C(=O)N(C)CC(C=S)OC(=O)C(C)C)C(=O)C1=O. The van der Waals surface area contributed by atoms with Crippen LogP contribution in [0.3, 0.4) is 0 Å². The van der Waals surface area contributed by atoms with Gasteiger partial charge in [-0.15, -0.1) is 0 Å². The Morgan fingerprint density at radius 1 is 1.29 bits per heavy atom. The van der Waals surface area contributed by atoms with Crippen LogP contribution in [0.2, 0.25) is 0 Å². The molecule has 0 bridgehead atoms. The zero-order valence-corrected chi connectivity index (χ0v) is 15.2. The second kappa shape index (κ2) is 8.72. The third kappa shape index (κ3) is 4.73. The fraction of sp³-hybridized carbons (Fsp3) is 0.667. The predicted molar refractivity (Wildman–Crippen MR) is 90.4 cm³/mol. The second-order valence-electron chi connectivity index (χ2n) is 5.77. The van der Waals surface area contributed by atoms with Gasteiger partial charge in [0.05, 0.1) is 12.5 Å². The smallest absolute Gasteiger partial charge is 0.327 e. The molecular formula is C15H23N3O5S. The Hall–Kier alpha value is -2.03. The zero-order valence-electron chi connectivity index (χ0n) is 14.4. The van der Waals surface area contributed by atoms with Crippen LogP contribution < -0.4 is 0 Å². The summed E-state index contributed by atoms with van der Waals surface area (Å²) in [6, 6.07) is -0.619. The molecular weight excluding hydrogens is 334 g/mol. The fourth-order valence-corrected chi connectivity index (χ4v) is 2.25. The van der Waals surface area contributed by atoms with Gasteiger partial charge in [-0.3, -0.25) is 19.3 Å². The van der Waals surface area contributed by atoms with Crippen LogP contribution in [0.5, 0.6) is 0 Å². The maximum absolute atomic E-state index is 12.4. The highest BCUT2D eigenvalue weighted by molar-refractivity contribution is 7.79. The summed E-state index contributed by atoms with van der Waals surface area (Å²) in [5.74, 6) is -2.28. The maximum atomic E-state index is 12.4. The van der Waals surface area contributed by atoms with E-state index in [0.29, 0.717) is 13.1 Å². The molecule has 4 amide bonds. The van der Waals surface area contributed by atoms with Gasteiger partial charge in [0.1, 0.15) is 6.10 Å². The third-order valence-corrected chi connectivity index (χ3v) is 3.90. The van der Waals surface area contributed by atoms with Crippen molar-refractivity contribution in [2.45, 2.75) is 26.9 Å². The molecule has 134 valence electrons. The van der Waals surface area contributed by atoms with Gasteiger partial charge in [0, 0.05) is 32.0 Å². The summed E-state index contributed by atoms with van der Waals surface area (Å²) < 4.78 is 5.18. The number of likely N-dealkylation sites (N-methyl/N-ethyl adjacent to an activating group) is 2. The first-order valence-electron chi connectivity index (χ1n) is 7.74. The molecule has 1 saturated heterocycles. The first-order chi connectivity index (χ1) is 11.2. The first kappa shape index (κ1) is 20.0. The van der Waals surface area contributed by atoms with E-state index in [0.717, 1.165) is 4.90 Å². The number of imide groups is 1. The number of carbonyl (C=O) groups is 4. The zero-order chi connectivity index (χ0) is 18.4. The van der Waals surface area contributed by atoms with Gasteiger partial charge in [-0.25, -0.2) is 4.79 Å². The number of esters is 1. The molecule has 1 unspecified atom stereocenters. The molecule has 1 atom stereocenters. The Kier molecular flexibility index (Phi) is 7.27. The van der Waals surface area contributed by atoms with E-state index < -0.39 is 29.9 Å². The van der Waals surface area contributed by atoms with E-state index in [-0.39, 0.29) is 19.0 Å². The quantitative estimate of drug-likeness (QED) is 0.386. The van der Waals surface area contributed by atoms with Crippen LogP contribution in [-0.4, -0.2) is 83.2 Å². The van der Waals surface area contributed by atoms with Gasteiger partial charge in [-0.1, -0.05) is 26.1 Å². The summed E-state index contributed by atoms with van der Waals surface area (Å²) >= 11 is 4.83. The lowest BCUT2D eigenvalue weighted by Crippen LogP contribution is -2.58. The fourth-order valence-electron chi connectivity index (χ4n) is 2.11. The molecule has 0 aliphatic carbocycles. The number of ether oxygens (including phenoxy) is 1. The van der Waals surface area contributed by atoms with Crippen LogP contribution in [0.1, 0.15) is 20.8 Å². The van der Waals surface area contributed by atoms with E-state index >= 15 is 0 Å². The van der Waals surface area contributed by atoms with Gasteiger partial charge >= 0.3 is 23.8 Å². The minimum atomic E-state index is -0.849. The van der Waals surface area contributed by atoms with Crippen molar-refractivity contribution in [2.24, 2.45) is 5.92 Å². The van der Waals surface area contributed by atoms with E-state index in [4.69, 9.17) is 17.0 Å². The molecule has 0 N–H and O–H groups in total. The van der Waals surface area contributed by atoms with Gasteiger partial charge in [-0.2, -0.15) is 0 Å². The van der Waals surface area contributed by atoms with Crippen molar-refractivity contribution < 1.29 is 23.9 Å². The average molecular weight is 357 g/mol. The molecule has 1 aliphatic heterocycles. The lowest BCUT2D eigenvalue weighted by molar-refractivity contribution is -0.154. The van der Waals surface area contributed by atoms with Crippen LogP contribution in [0, 0.1) is 5.92 Å². The van der Waals surface area contributed by atoms with E-state index in [2.05, 4.69) is 0 Å².